The van der Waals surface area contributed by atoms with Crippen molar-refractivity contribution < 1.29 is 9.57 Å². The standard InChI is InChI=1S/C29H49N3O2/c1-2-6-20(7-3-1)29-30-28(31-34-29)22-17-32(18-22)23-13-10-19(11-14-23)21-12-15-27-25(16-21)24-8-4-5-9-26(24)33-27/h19-31H,1-18H2. The number of fused-ring (bicyclic) bond motifs is 3. The van der Waals surface area contributed by atoms with Gasteiger partial charge < -0.3 is 4.74 Å². The first kappa shape index (κ1) is 23.0. The summed E-state index contributed by atoms with van der Waals surface area (Å²) in [5, 5.41) is 3.80. The zero-order chi connectivity index (χ0) is 22.5. The lowest BCUT2D eigenvalue weighted by molar-refractivity contribution is -0.0375. The summed E-state index contributed by atoms with van der Waals surface area (Å²) in [4.78, 5) is 8.80. The average molecular weight is 472 g/mol. The van der Waals surface area contributed by atoms with E-state index < -0.39 is 0 Å². The van der Waals surface area contributed by atoms with Gasteiger partial charge >= 0.3 is 0 Å². The second-order valence-electron chi connectivity index (χ2n) is 13.4. The first-order valence-corrected chi connectivity index (χ1v) is 15.4. The minimum Gasteiger partial charge on any atom is -0.374 e. The number of hydrogen-bond acceptors (Lipinski definition) is 5. The largest absolute Gasteiger partial charge is 0.374 e. The smallest absolute Gasteiger partial charge is 0.133 e. The normalized spacial score (nSPS) is 48.9. The van der Waals surface area contributed by atoms with Gasteiger partial charge in [-0.1, -0.05) is 32.1 Å². The van der Waals surface area contributed by atoms with Crippen molar-refractivity contribution in [2.75, 3.05) is 13.1 Å². The molecular formula is C29H49N3O2. The van der Waals surface area contributed by atoms with Gasteiger partial charge in [-0.2, -0.15) is 5.48 Å². The summed E-state index contributed by atoms with van der Waals surface area (Å²) in [5.41, 5.74) is 3.37. The van der Waals surface area contributed by atoms with Crippen LogP contribution in [0.2, 0.25) is 0 Å². The molecule has 192 valence electrons. The van der Waals surface area contributed by atoms with Gasteiger partial charge in [0.05, 0.1) is 18.4 Å². The molecule has 0 aromatic carbocycles. The topological polar surface area (TPSA) is 45.8 Å². The predicted molar refractivity (Wildman–Crippen MR) is 134 cm³/mol. The lowest BCUT2D eigenvalue weighted by atomic mass is 9.65. The minimum absolute atomic E-state index is 0.249. The highest BCUT2D eigenvalue weighted by Crippen LogP contribution is 2.51. The Labute approximate surface area is 207 Å². The molecule has 34 heavy (non-hydrogen) atoms. The van der Waals surface area contributed by atoms with Crippen molar-refractivity contribution in [2.24, 2.45) is 35.5 Å². The van der Waals surface area contributed by atoms with Crippen LogP contribution >= 0.6 is 0 Å². The van der Waals surface area contributed by atoms with Crippen molar-refractivity contribution in [1.82, 2.24) is 15.7 Å². The molecule has 0 bridgehead atoms. The first-order chi connectivity index (χ1) is 16.8. The summed E-state index contributed by atoms with van der Waals surface area (Å²) >= 11 is 0. The molecule has 7 unspecified atom stereocenters. The zero-order valence-electron chi connectivity index (χ0n) is 21.3. The molecule has 7 fully saturated rings. The highest BCUT2D eigenvalue weighted by Gasteiger charge is 2.49. The molecule has 3 aliphatic heterocycles. The van der Waals surface area contributed by atoms with Crippen LogP contribution in [-0.4, -0.2) is 48.6 Å². The third-order valence-corrected chi connectivity index (χ3v) is 11.6. The van der Waals surface area contributed by atoms with Crippen LogP contribution in [0.1, 0.15) is 103 Å². The summed E-state index contributed by atoms with van der Waals surface area (Å²) in [6, 6.07) is 0.845. The van der Waals surface area contributed by atoms with Gasteiger partial charge in [0.2, 0.25) is 0 Å². The Morgan fingerprint density at radius 1 is 0.588 bits per heavy atom. The fourth-order valence-corrected chi connectivity index (χ4v) is 9.56. The van der Waals surface area contributed by atoms with Crippen molar-refractivity contribution in [3.8, 4) is 0 Å². The number of rotatable bonds is 4. The van der Waals surface area contributed by atoms with Crippen LogP contribution in [-0.2, 0) is 9.57 Å². The highest BCUT2D eigenvalue weighted by molar-refractivity contribution is 4.99. The summed E-state index contributed by atoms with van der Waals surface area (Å²) in [6.07, 6.45) is 24.5. The van der Waals surface area contributed by atoms with Crippen LogP contribution in [0.3, 0.4) is 0 Å². The average Bonchev–Trinajstić information content (AvgIpc) is 3.49. The van der Waals surface area contributed by atoms with E-state index in [0.717, 1.165) is 29.7 Å². The third kappa shape index (κ3) is 4.40. The number of likely N-dealkylation sites (tertiary alicyclic amines) is 1. The second-order valence-corrected chi connectivity index (χ2v) is 13.4. The number of nitrogens with zero attached hydrogens (tertiary/aromatic N) is 1. The van der Waals surface area contributed by atoms with Gasteiger partial charge in [-0.25, -0.2) is 0 Å². The molecule has 4 saturated carbocycles. The lowest BCUT2D eigenvalue weighted by Gasteiger charge is -2.49. The summed E-state index contributed by atoms with van der Waals surface area (Å²) in [5.74, 6) is 5.25. The van der Waals surface area contributed by atoms with E-state index >= 15 is 0 Å². The number of hydroxylamine groups is 1. The van der Waals surface area contributed by atoms with Gasteiger partial charge in [-0.15, -0.1) is 0 Å². The molecule has 0 amide bonds. The fourth-order valence-electron chi connectivity index (χ4n) is 9.56. The SMILES string of the molecule is C1CCC(C2NC(C3CN(C4CCC(C5CCC6OC7CCCCC7C6C5)CC4)C3)NO2)CC1. The molecule has 7 atom stereocenters. The lowest BCUT2D eigenvalue weighted by Crippen LogP contribution is -2.61. The van der Waals surface area contributed by atoms with Crippen LogP contribution < -0.4 is 10.8 Å². The van der Waals surface area contributed by atoms with Gasteiger partial charge in [0.1, 0.15) is 6.23 Å². The van der Waals surface area contributed by atoms with E-state index in [1.165, 1.54) is 116 Å². The van der Waals surface area contributed by atoms with Crippen LogP contribution in [0.4, 0.5) is 0 Å². The highest BCUT2D eigenvalue weighted by atomic mass is 16.7. The molecular weight excluding hydrogens is 422 g/mol. The fraction of sp³-hybridized carbons (Fsp3) is 1.00. The van der Waals surface area contributed by atoms with E-state index in [4.69, 9.17) is 9.57 Å². The Morgan fingerprint density at radius 2 is 1.32 bits per heavy atom. The van der Waals surface area contributed by atoms with Crippen LogP contribution in [0.5, 0.6) is 0 Å². The van der Waals surface area contributed by atoms with Crippen molar-refractivity contribution in [3.63, 3.8) is 0 Å². The molecule has 3 saturated heterocycles. The zero-order valence-corrected chi connectivity index (χ0v) is 21.3. The summed E-state index contributed by atoms with van der Waals surface area (Å²) in [7, 11) is 0. The predicted octanol–water partition coefficient (Wildman–Crippen LogP) is 5.21. The van der Waals surface area contributed by atoms with Crippen molar-refractivity contribution >= 4 is 0 Å². The summed E-state index contributed by atoms with van der Waals surface area (Å²) < 4.78 is 6.54. The second kappa shape index (κ2) is 9.93. The Kier molecular flexibility index (Phi) is 6.70. The molecule has 2 N–H and O–H groups in total. The quantitative estimate of drug-likeness (QED) is 0.589. The van der Waals surface area contributed by atoms with Gasteiger partial charge in [0.15, 0.2) is 0 Å². The molecule has 4 aliphatic carbocycles. The maximum absolute atomic E-state index is 6.54. The summed E-state index contributed by atoms with van der Waals surface area (Å²) in [6.45, 7) is 2.52. The van der Waals surface area contributed by atoms with Crippen LogP contribution in [0.25, 0.3) is 0 Å². The minimum atomic E-state index is 0.249. The number of nitrogens with one attached hydrogen (secondary N) is 2. The van der Waals surface area contributed by atoms with E-state index in [1.54, 1.807) is 0 Å². The van der Waals surface area contributed by atoms with Gasteiger partial charge in [0.25, 0.3) is 0 Å². The van der Waals surface area contributed by atoms with Gasteiger partial charge in [-0.3, -0.25) is 15.1 Å². The van der Waals surface area contributed by atoms with Crippen molar-refractivity contribution in [3.05, 3.63) is 0 Å². The number of hydrogen-bond donors (Lipinski definition) is 2. The molecule has 7 aliphatic rings. The molecule has 3 heterocycles. The van der Waals surface area contributed by atoms with E-state index in [9.17, 15) is 0 Å². The van der Waals surface area contributed by atoms with Gasteiger partial charge in [-0.05, 0) is 94.3 Å². The maximum atomic E-state index is 6.54. The molecule has 7 rings (SSSR count). The molecule has 0 aromatic rings. The molecule has 0 spiro atoms. The van der Waals surface area contributed by atoms with E-state index in [-0.39, 0.29) is 6.23 Å². The molecule has 5 heteroatoms. The molecule has 0 aromatic heterocycles. The Balaban J connectivity index is 0.851. The van der Waals surface area contributed by atoms with E-state index in [1.807, 2.05) is 0 Å². The van der Waals surface area contributed by atoms with E-state index in [0.29, 0.717) is 30.2 Å². The number of ether oxygens (including phenoxy) is 1. The Hall–Kier alpha value is -0.200. The van der Waals surface area contributed by atoms with Crippen molar-refractivity contribution in [1.29, 1.82) is 0 Å². The van der Waals surface area contributed by atoms with Crippen LogP contribution in [0, 0.1) is 35.5 Å². The first-order valence-electron chi connectivity index (χ1n) is 15.4. The molecule has 5 nitrogen and oxygen atoms in total. The monoisotopic (exact) mass is 471 g/mol. The molecule has 0 radical (unpaired) electrons. The Bertz CT molecular complexity index is 685. The van der Waals surface area contributed by atoms with Crippen LogP contribution in [0.15, 0.2) is 0 Å². The maximum Gasteiger partial charge on any atom is 0.133 e. The van der Waals surface area contributed by atoms with Gasteiger partial charge in [0, 0.05) is 31.0 Å². The Morgan fingerprint density at radius 3 is 2.18 bits per heavy atom. The third-order valence-electron chi connectivity index (χ3n) is 11.6. The van der Waals surface area contributed by atoms with Crippen molar-refractivity contribution in [2.45, 2.75) is 133 Å². The van der Waals surface area contributed by atoms with E-state index in [2.05, 4.69) is 15.7 Å².